The number of hydrogen-bond donors (Lipinski definition) is 0. The number of aromatic nitrogens is 2. The van der Waals surface area contributed by atoms with E-state index in [0.717, 1.165) is 0 Å². The van der Waals surface area contributed by atoms with Crippen LogP contribution in [0, 0.1) is 0 Å². The topological polar surface area (TPSA) is 34.4 Å². The molecule has 0 saturated carbocycles. The highest BCUT2D eigenvalue weighted by Gasteiger charge is 2.17. The second-order valence-corrected chi connectivity index (χ2v) is 3.64. The summed E-state index contributed by atoms with van der Waals surface area (Å²) in [4.78, 5) is 15.4. The van der Waals surface area contributed by atoms with E-state index >= 15 is 0 Å². The molecular formula is C8H6F2N2OS. The summed E-state index contributed by atoms with van der Waals surface area (Å²) in [6.45, 7) is 0. The number of alkyl halides is 2. The number of carbonyl (C=O) groups is 1. The highest BCUT2D eigenvalue weighted by atomic mass is 32.1. The molecule has 0 unspecified atom stereocenters. The van der Waals surface area contributed by atoms with E-state index in [1.165, 1.54) is 11.3 Å². The lowest BCUT2D eigenvalue weighted by Gasteiger charge is -1.93. The summed E-state index contributed by atoms with van der Waals surface area (Å²) >= 11 is 1.40. The predicted molar refractivity (Wildman–Crippen MR) is 47.8 cm³/mol. The van der Waals surface area contributed by atoms with Gasteiger partial charge in [0.05, 0.1) is 12.1 Å². The molecule has 2 heterocycles. The second kappa shape index (κ2) is 3.45. The van der Waals surface area contributed by atoms with Crippen LogP contribution >= 0.6 is 11.3 Å². The number of halogens is 2. The molecule has 3 nitrogen and oxygen atoms in total. The average molecular weight is 216 g/mol. The molecule has 0 aliphatic rings. The fourth-order valence-electron chi connectivity index (χ4n) is 1.12. The van der Waals surface area contributed by atoms with Crippen LogP contribution in [0.15, 0.2) is 17.8 Å². The number of hydrogen-bond acceptors (Lipinski definition) is 3. The van der Waals surface area contributed by atoms with Crippen molar-refractivity contribution in [2.75, 3.05) is 0 Å². The fourth-order valence-corrected chi connectivity index (χ4v) is 1.84. The Morgan fingerprint density at radius 1 is 1.64 bits per heavy atom. The molecule has 0 radical (unpaired) electrons. The molecule has 0 spiro atoms. The molecule has 0 N–H and O–H groups in total. The van der Waals surface area contributed by atoms with Crippen LogP contribution < -0.4 is 0 Å². The Balaban J connectivity index is 2.19. The molecule has 2 rings (SSSR count). The van der Waals surface area contributed by atoms with Crippen molar-refractivity contribution in [2.24, 2.45) is 0 Å². The minimum atomic E-state index is -2.91. The molecule has 0 saturated heterocycles. The van der Waals surface area contributed by atoms with Crippen molar-refractivity contribution in [3.8, 4) is 0 Å². The monoisotopic (exact) mass is 216 g/mol. The molecule has 0 fully saturated rings. The minimum Gasteiger partial charge on any atom is -0.297 e. The Labute approximate surface area is 82.0 Å². The first-order chi connectivity index (χ1) is 6.66. The van der Waals surface area contributed by atoms with Gasteiger partial charge in [0.1, 0.15) is 0 Å². The van der Waals surface area contributed by atoms with Crippen LogP contribution in [0.2, 0.25) is 0 Å². The molecule has 14 heavy (non-hydrogen) atoms. The number of carbonyl (C=O) groups excluding carboxylic acids is 1. The Hall–Kier alpha value is -1.30. The van der Waals surface area contributed by atoms with E-state index in [4.69, 9.17) is 0 Å². The summed E-state index contributed by atoms with van der Waals surface area (Å²) in [6, 6.07) is 0. The summed E-state index contributed by atoms with van der Waals surface area (Å²) < 4.78 is 25.5. The van der Waals surface area contributed by atoms with Crippen molar-refractivity contribution in [3.63, 3.8) is 0 Å². The van der Waals surface area contributed by atoms with Crippen LogP contribution in [0.4, 0.5) is 8.78 Å². The van der Waals surface area contributed by atoms with Crippen molar-refractivity contribution in [2.45, 2.75) is 12.8 Å². The Kier molecular flexibility index (Phi) is 2.28. The Morgan fingerprint density at radius 2 is 2.43 bits per heavy atom. The van der Waals surface area contributed by atoms with Gasteiger partial charge in [0.25, 0.3) is 6.43 Å². The van der Waals surface area contributed by atoms with E-state index in [-0.39, 0.29) is 6.42 Å². The highest BCUT2D eigenvalue weighted by molar-refractivity contribution is 7.15. The van der Waals surface area contributed by atoms with Crippen LogP contribution in [-0.4, -0.2) is 21.6 Å². The van der Waals surface area contributed by atoms with Gasteiger partial charge in [0, 0.05) is 17.8 Å². The Bertz CT molecular complexity index is 434. The SMILES string of the molecule is O=C(Cc1cn2ccsc2n1)C(F)F. The third-order valence-corrected chi connectivity index (χ3v) is 2.51. The van der Waals surface area contributed by atoms with E-state index in [0.29, 0.717) is 10.7 Å². The zero-order valence-corrected chi connectivity index (χ0v) is 7.80. The lowest BCUT2D eigenvalue weighted by Crippen LogP contribution is -2.12. The van der Waals surface area contributed by atoms with Gasteiger partial charge in [-0.2, -0.15) is 0 Å². The smallest absolute Gasteiger partial charge is 0.296 e. The maximum absolute atomic E-state index is 11.9. The Morgan fingerprint density at radius 3 is 3.07 bits per heavy atom. The molecule has 0 aliphatic carbocycles. The van der Waals surface area contributed by atoms with Crippen molar-refractivity contribution in [1.29, 1.82) is 0 Å². The first-order valence-corrected chi connectivity index (χ1v) is 4.77. The molecule has 2 aromatic rings. The zero-order valence-electron chi connectivity index (χ0n) is 6.98. The number of imidazole rings is 1. The fraction of sp³-hybridized carbons (Fsp3) is 0.250. The van der Waals surface area contributed by atoms with Crippen molar-refractivity contribution in [3.05, 3.63) is 23.5 Å². The van der Waals surface area contributed by atoms with Gasteiger partial charge in [-0.05, 0) is 0 Å². The van der Waals surface area contributed by atoms with Crippen LogP contribution in [0.5, 0.6) is 0 Å². The summed E-state index contributed by atoms with van der Waals surface area (Å²) in [5, 5.41) is 1.83. The lowest BCUT2D eigenvalue weighted by molar-refractivity contribution is -0.128. The minimum absolute atomic E-state index is 0.300. The number of thiazole rings is 1. The van der Waals surface area contributed by atoms with Crippen LogP contribution in [-0.2, 0) is 11.2 Å². The summed E-state index contributed by atoms with van der Waals surface area (Å²) in [5.74, 6) is -1.09. The summed E-state index contributed by atoms with van der Waals surface area (Å²) in [7, 11) is 0. The quantitative estimate of drug-likeness (QED) is 0.783. The van der Waals surface area contributed by atoms with E-state index in [2.05, 4.69) is 4.98 Å². The number of rotatable bonds is 3. The zero-order chi connectivity index (χ0) is 10.1. The van der Waals surface area contributed by atoms with Gasteiger partial charge in [-0.3, -0.25) is 9.20 Å². The van der Waals surface area contributed by atoms with Gasteiger partial charge in [0.15, 0.2) is 4.96 Å². The van der Waals surface area contributed by atoms with Crippen LogP contribution in [0.3, 0.4) is 0 Å². The molecule has 0 atom stereocenters. The highest BCUT2D eigenvalue weighted by Crippen LogP contribution is 2.12. The summed E-state index contributed by atoms with van der Waals surface area (Å²) in [6.07, 6.45) is 0.149. The van der Waals surface area contributed by atoms with Crippen LogP contribution in [0.25, 0.3) is 4.96 Å². The number of nitrogens with zero attached hydrogens (tertiary/aromatic N) is 2. The van der Waals surface area contributed by atoms with Gasteiger partial charge in [-0.1, -0.05) is 0 Å². The van der Waals surface area contributed by atoms with Crippen molar-refractivity contribution >= 4 is 22.1 Å². The first-order valence-electron chi connectivity index (χ1n) is 3.89. The molecule has 0 aromatic carbocycles. The summed E-state index contributed by atoms with van der Waals surface area (Å²) in [5.41, 5.74) is 0.391. The van der Waals surface area contributed by atoms with Crippen LogP contribution in [0.1, 0.15) is 5.69 Å². The second-order valence-electron chi connectivity index (χ2n) is 2.77. The molecule has 0 bridgehead atoms. The molecule has 0 amide bonds. The van der Waals surface area contributed by atoms with Gasteiger partial charge in [-0.15, -0.1) is 11.3 Å². The normalized spacial score (nSPS) is 11.4. The molecular weight excluding hydrogens is 210 g/mol. The molecule has 2 aromatic heterocycles. The molecule has 0 aliphatic heterocycles. The van der Waals surface area contributed by atoms with E-state index in [1.54, 1.807) is 16.8 Å². The maximum Gasteiger partial charge on any atom is 0.296 e. The molecule has 6 heteroatoms. The van der Waals surface area contributed by atoms with Gasteiger partial charge < -0.3 is 0 Å². The van der Waals surface area contributed by atoms with Gasteiger partial charge in [-0.25, -0.2) is 13.8 Å². The van der Waals surface area contributed by atoms with Gasteiger partial charge in [0.2, 0.25) is 5.78 Å². The van der Waals surface area contributed by atoms with Crippen molar-refractivity contribution in [1.82, 2.24) is 9.38 Å². The number of Topliss-reactive ketones (excluding diaryl/α,β-unsaturated/α-hetero) is 1. The van der Waals surface area contributed by atoms with Crippen molar-refractivity contribution < 1.29 is 13.6 Å². The average Bonchev–Trinajstić information content (AvgIpc) is 2.63. The number of fused-ring (bicyclic) bond motifs is 1. The predicted octanol–water partition coefficient (Wildman–Crippen LogP) is 1.77. The van der Waals surface area contributed by atoms with E-state index in [9.17, 15) is 13.6 Å². The van der Waals surface area contributed by atoms with E-state index in [1.807, 2.05) is 5.38 Å². The third-order valence-electron chi connectivity index (χ3n) is 1.74. The van der Waals surface area contributed by atoms with E-state index < -0.39 is 12.2 Å². The largest absolute Gasteiger partial charge is 0.297 e. The lowest BCUT2D eigenvalue weighted by atomic mass is 10.2. The third kappa shape index (κ3) is 1.65. The standard InChI is InChI=1S/C8H6F2N2OS/c9-7(10)6(13)3-5-4-12-1-2-14-8(12)11-5/h1-2,4,7H,3H2. The first kappa shape index (κ1) is 9.26. The maximum atomic E-state index is 11.9. The number of ketones is 1. The van der Waals surface area contributed by atoms with Gasteiger partial charge >= 0.3 is 0 Å². The molecule has 74 valence electrons.